The lowest BCUT2D eigenvalue weighted by Crippen LogP contribution is -2.38. The van der Waals surface area contributed by atoms with Gasteiger partial charge in [-0.25, -0.2) is 0 Å². The molecule has 0 radical (unpaired) electrons. The number of ether oxygens (including phenoxy) is 1. The van der Waals surface area contributed by atoms with Crippen LogP contribution in [0, 0.1) is 5.41 Å². The molecular weight excluding hydrogens is 312 g/mol. The van der Waals surface area contributed by atoms with Crippen molar-refractivity contribution in [2.24, 2.45) is 5.41 Å². The highest BCUT2D eigenvalue weighted by atomic mass is 32.2. The van der Waals surface area contributed by atoms with Crippen LogP contribution in [-0.4, -0.2) is 41.4 Å². The predicted molar refractivity (Wildman–Crippen MR) is 79.0 cm³/mol. The number of carboxylic acids is 1. The van der Waals surface area contributed by atoms with E-state index in [-0.39, 0.29) is 5.41 Å². The first-order valence-electron chi connectivity index (χ1n) is 7.52. The first kappa shape index (κ1) is 18.9. The van der Waals surface area contributed by atoms with Crippen molar-refractivity contribution >= 4 is 22.1 Å². The lowest BCUT2D eigenvalue weighted by Gasteiger charge is -2.38. The van der Waals surface area contributed by atoms with Gasteiger partial charge in [-0.15, -0.1) is 0 Å². The van der Waals surface area contributed by atoms with Gasteiger partial charge >= 0.3 is 11.9 Å². The predicted octanol–water partition coefficient (Wildman–Crippen LogP) is 2.01. The molecule has 0 aromatic rings. The van der Waals surface area contributed by atoms with Crippen LogP contribution in [0.2, 0.25) is 0 Å². The standard InChI is InChI=1S/C14H24O7S/c1-3-14(4-2)7-5-10(6-8-14)21-13(17)11(9-12(15)16)22(18,19)20/h10-11H,3-9H2,1-2H3,(H,15,16)(H,18,19,20). The quantitative estimate of drug-likeness (QED) is 0.539. The number of carbonyl (C=O) groups excluding carboxylic acids is 1. The fourth-order valence-corrected chi connectivity index (χ4v) is 3.64. The minimum Gasteiger partial charge on any atom is -0.481 e. The van der Waals surface area contributed by atoms with E-state index in [0.29, 0.717) is 12.8 Å². The van der Waals surface area contributed by atoms with Crippen LogP contribution in [0.15, 0.2) is 0 Å². The minimum absolute atomic E-state index is 0.242. The molecule has 7 nitrogen and oxygen atoms in total. The molecule has 0 aliphatic heterocycles. The van der Waals surface area contributed by atoms with Gasteiger partial charge < -0.3 is 9.84 Å². The normalized spacial score (nSPS) is 20.3. The summed E-state index contributed by atoms with van der Waals surface area (Å²) >= 11 is 0. The monoisotopic (exact) mass is 336 g/mol. The van der Waals surface area contributed by atoms with Crippen molar-refractivity contribution < 1.29 is 32.4 Å². The second kappa shape index (κ2) is 7.41. The zero-order valence-electron chi connectivity index (χ0n) is 12.9. The average molecular weight is 336 g/mol. The maximum atomic E-state index is 11.9. The Morgan fingerprint density at radius 1 is 1.23 bits per heavy atom. The van der Waals surface area contributed by atoms with E-state index in [1.54, 1.807) is 0 Å². The van der Waals surface area contributed by atoms with Crippen molar-refractivity contribution in [3.05, 3.63) is 0 Å². The Morgan fingerprint density at radius 2 is 1.73 bits per heavy atom. The molecule has 0 spiro atoms. The van der Waals surface area contributed by atoms with Crippen molar-refractivity contribution in [3.8, 4) is 0 Å². The summed E-state index contributed by atoms with van der Waals surface area (Å²) in [7, 11) is -4.80. The molecule has 1 aliphatic carbocycles. The van der Waals surface area contributed by atoms with Crippen LogP contribution in [0.5, 0.6) is 0 Å². The highest BCUT2D eigenvalue weighted by molar-refractivity contribution is 7.87. The Hall–Kier alpha value is -1.15. The summed E-state index contributed by atoms with van der Waals surface area (Å²) in [4.78, 5) is 22.5. The molecule has 0 aromatic carbocycles. The van der Waals surface area contributed by atoms with E-state index in [1.165, 1.54) is 0 Å². The Morgan fingerprint density at radius 3 is 2.09 bits per heavy atom. The van der Waals surface area contributed by atoms with Gasteiger partial charge in [-0.05, 0) is 31.1 Å². The summed E-state index contributed by atoms with van der Waals surface area (Å²) in [5.41, 5.74) is 0.242. The fourth-order valence-electron chi connectivity index (χ4n) is 2.99. The largest absolute Gasteiger partial charge is 0.481 e. The minimum atomic E-state index is -4.80. The third-order valence-corrected chi connectivity index (χ3v) is 5.84. The zero-order valence-corrected chi connectivity index (χ0v) is 13.8. The Balaban J connectivity index is 2.67. The summed E-state index contributed by atoms with van der Waals surface area (Å²) in [5, 5.41) is 6.59. The van der Waals surface area contributed by atoms with Crippen molar-refractivity contribution in [3.63, 3.8) is 0 Å². The molecule has 128 valence electrons. The van der Waals surface area contributed by atoms with Crippen LogP contribution in [0.1, 0.15) is 58.8 Å². The molecule has 2 N–H and O–H groups in total. The van der Waals surface area contributed by atoms with E-state index in [1.807, 2.05) is 0 Å². The second-order valence-corrected chi connectivity index (χ2v) is 7.54. The first-order chi connectivity index (χ1) is 10.1. The number of esters is 1. The van der Waals surface area contributed by atoms with Crippen molar-refractivity contribution in [2.45, 2.75) is 70.1 Å². The third kappa shape index (κ3) is 4.95. The van der Waals surface area contributed by atoms with Gasteiger partial charge in [0.2, 0.25) is 0 Å². The molecule has 1 saturated carbocycles. The molecule has 0 bridgehead atoms. The summed E-state index contributed by atoms with van der Waals surface area (Å²) in [5.74, 6) is -2.67. The van der Waals surface area contributed by atoms with E-state index in [4.69, 9.17) is 14.4 Å². The van der Waals surface area contributed by atoms with E-state index in [2.05, 4.69) is 13.8 Å². The number of aliphatic carboxylic acids is 1. The van der Waals surface area contributed by atoms with Crippen LogP contribution in [0.4, 0.5) is 0 Å². The number of carbonyl (C=O) groups is 2. The SMILES string of the molecule is CCC1(CC)CCC(OC(=O)C(CC(=O)O)S(=O)(=O)O)CC1. The van der Waals surface area contributed by atoms with Gasteiger partial charge in [0.25, 0.3) is 10.1 Å². The summed E-state index contributed by atoms with van der Waals surface area (Å²) in [6.07, 6.45) is 3.67. The average Bonchev–Trinajstić information content (AvgIpc) is 2.44. The maximum Gasteiger partial charge on any atom is 0.327 e. The third-order valence-electron chi connectivity index (χ3n) is 4.76. The molecule has 1 aliphatic rings. The van der Waals surface area contributed by atoms with Gasteiger partial charge in [0, 0.05) is 0 Å². The van der Waals surface area contributed by atoms with Gasteiger partial charge in [0.05, 0.1) is 6.42 Å². The Kier molecular flexibility index (Phi) is 6.37. The van der Waals surface area contributed by atoms with E-state index in [9.17, 15) is 18.0 Å². The van der Waals surface area contributed by atoms with E-state index in [0.717, 1.165) is 25.7 Å². The van der Waals surface area contributed by atoms with Crippen LogP contribution in [0.3, 0.4) is 0 Å². The number of carboxylic acid groups (broad SMARTS) is 1. The second-order valence-electron chi connectivity index (χ2n) is 5.94. The number of hydrogen-bond donors (Lipinski definition) is 2. The van der Waals surface area contributed by atoms with Crippen LogP contribution in [0.25, 0.3) is 0 Å². The molecule has 0 amide bonds. The Labute approximate surface area is 130 Å². The maximum absolute atomic E-state index is 11.9. The van der Waals surface area contributed by atoms with Gasteiger partial charge in [-0.3, -0.25) is 14.1 Å². The zero-order chi connectivity index (χ0) is 17.0. The van der Waals surface area contributed by atoms with Crippen molar-refractivity contribution in [2.75, 3.05) is 0 Å². The molecule has 0 heterocycles. The molecule has 0 aromatic heterocycles. The lowest BCUT2D eigenvalue weighted by atomic mass is 9.70. The topological polar surface area (TPSA) is 118 Å². The van der Waals surface area contributed by atoms with Crippen LogP contribution in [-0.2, 0) is 24.4 Å². The van der Waals surface area contributed by atoms with Gasteiger partial charge in [0.15, 0.2) is 5.25 Å². The van der Waals surface area contributed by atoms with Gasteiger partial charge in [-0.1, -0.05) is 26.7 Å². The fraction of sp³-hybridized carbons (Fsp3) is 0.857. The first-order valence-corrected chi connectivity index (χ1v) is 9.02. The van der Waals surface area contributed by atoms with Gasteiger partial charge in [0.1, 0.15) is 6.10 Å². The molecule has 0 saturated heterocycles. The molecular formula is C14H24O7S. The molecule has 22 heavy (non-hydrogen) atoms. The van der Waals surface area contributed by atoms with Crippen LogP contribution >= 0.6 is 0 Å². The number of rotatable bonds is 7. The van der Waals surface area contributed by atoms with Crippen molar-refractivity contribution in [1.29, 1.82) is 0 Å². The van der Waals surface area contributed by atoms with E-state index >= 15 is 0 Å². The highest BCUT2D eigenvalue weighted by Gasteiger charge is 2.38. The van der Waals surface area contributed by atoms with Crippen molar-refractivity contribution in [1.82, 2.24) is 0 Å². The van der Waals surface area contributed by atoms with Crippen LogP contribution < -0.4 is 0 Å². The molecule has 1 unspecified atom stereocenters. The molecule has 8 heteroatoms. The lowest BCUT2D eigenvalue weighted by molar-refractivity contribution is -0.154. The van der Waals surface area contributed by atoms with E-state index < -0.39 is 39.8 Å². The number of hydrogen-bond acceptors (Lipinski definition) is 5. The molecule has 1 fully saturated rings. The Bertz CT molecular complexity index is 497. The summed E-state index contributed by atoms with van der Waals surface area (Å²) < 4.78 is 36.4. The molecule has 1 rings (SSSR count). The summed E-state index contributed by atoms with van der Waals surface area (Å²) in [6.45, 7) is 4.24. The smallest absolute Gasteiger partial charge is 0.327 e. The molecule has 1 atom stereocenters. The highest BCUT2D eigenvalue weighted by Crippen LogP contribution is 2.42. The van der Waals surface area contributed by atoms with Gasteiger partial charge in [-0.2, -0.15) is 8.42 Å². The summed E-state index contributed by atoms with van der Waals surface area (Å²) in [6, 6.07) is 0.